The van der Waals surface area contributed by atoms with E-state index < -0.39 is 0 Å². The molecule has 1 amide bonds. The van der Waals surface area contributed by atoms with Gasteiger partial charge in [0.2, 0.25) is 5.91 Å². The van der Waals surface area contributed by atoms with Gasteiger partial charge in [-0.25, -0.2) is 0 Å². The van der Waals surface area contributed by atoms with Gasteiger partial charge in [-0.3, -0.25) is 14.5 Å². The van der Waals surface area contributed by atoms with Crippen LogP contribution in [0.3, 0.4) is 0 Å². The van der Waals surface area contributed by atoms with E-state index in [0.29, 0.717) is 10.6 Å². The van der Waals surface area contributed by atoms with Crippen molar-refractivity contribution < 1.29 is 9.59 Å². The molecule has 0 aromatic heterocycles. The van der Waals surface area contributed by atoms with E-state index in [-0.39, 0.29) is 16.9 Å². The monoisotopic (exact) mass is 399 g/mol. The van der Waals surface area contributed by atoms with E-state index >= 15 is 0 Å². The number of amides is 1. The number of benzene rings is 3. The van der Waals surface area contributed by atoms with Crippen molar-refractivity contribution >= 4 is 29.1 Å². The van der Waals surface area contributed by atoms with Crippen LogP contribution in [-0.4, -0.2) is 16.9 Å². The Labute approximate surface area is 175 Å². The highest BCUT2D eigenvalue weighted by atomic mass is 32.2. The van der Waals surface area contributed by atoms with E-state index in [0.717, 1.165) is 23.2 Å². The fraction of sp³-hybridized carbons (Fsp3) is 0.120. The first-order valence-corrected chi connectivity index (χ1v) is 10.5. The van der Waals surface area contributed by atoms with Crippen LogP contribution in [0.5, 0.6) is 0 Å². The zero-order chi connectivity index (χ0) is 20.2. The normalized spacial score (nSPS) is 17.7. The number of para-hydroxylation sites is 1. The summed E-state index contributed by atoms with van der Waals surface area (Å²) < 4.78 is 0. The molecule has 4 rings (SSSR count). The van der Waals surface area contributed by atoms with Crippen LogP contribution in [0.4, 0.5) is 5.69 Å². The zero-order valence-corrected chi connectivity index (χ0v) is 16.9. The van der Waals surface area contributed by atoms with Crippen LogP contribution in [0, 0.1) is 0 Å². The quantitative estimate of drug-likeness (QED) is 0.394. The van der Waals surface area contributed by atoms with Gasteiger partial charge < -0.3 is 0 Å². The molecule has 1 aliphatic rings. The standard InChI is InChI=1S/C25H21NO2S/c1-2-23-25(28)26(21-11-7-4-8-12-21)24(29-23)17-22(27)20-15-13-19(14-16-20)18-9-5-3-6-10-18/h3-17,23H,2H2,1H3/b24-17-. The molecule has 0 bridgehead atoms. The van der Waals surface area contributed by atoms with Crippen molar-refractivity contribution in [3.63, 3.8) is 0 Å². The Balaban J connectivity index is 1.61. The minimum Gasteiger partial charge on any atom is -0.289 e. The van der Waals surface area contributed by atoms with Gasteiger partial charge in [-0.05, 0) is 29.7 Å². The van der Waals surface area contributed by atoms with Crippen LogP contribution in [0.1, 0.15) is 23.7 Å². The molecule has 0 saturated carbocycles. The molecular formula is C25H21NO2S. The van der Waals surface area contributed by atoms with Gasteiger partial charge >= 0.3 is 0 Å². The van der Waals surface area contributed by atoms with Gasteiger partial charge in [-0.15, -0.1) is 0 Å². The Kier molecular flexibility index (Phi) is 5.63. The minimum absolute atomic E-state index is 0.0298. The fourth-order valence-corrected chi connectivity index (χ4v) is 4.48. The maximum Gasteiger partial charge on any atom is 0.245 e. The molecule has 1 saturated heterocycles. The molecule has 29 heavy (non-hydrogen) atoms. The Morgan fingerprint density at radius 1 is 0.897 bits per heavy atom. The number of allylic oxidation sites excluding steroid dienone is 1. The molecule has 4 heteroatoms. The van der Waals surface area contributed by atoms with Crippen molar-refractivity contribution in [2.24, 2.45) is 0 Å². The van der Waals surface area contributed by atoms with Crippen LogP contribution in [-0.2, 0) is 4.79 Å². The van der Waals surface area contributed by atoms with Crippen LogP contribution >= 0.6 is 11.8 Å². The molecule has 0 spiro atoms. The SMILES string of the molecule is CCC1S/C(=C\C(=O)c2ccc(-c3ccccc3)cc2)N(c2ccccc2)C1=O. The molecule has 3 aromatic rings. The summed E-state index contributed by atoms with van der Waals surface area (Å²) in [4.78, 5) is 27.4. The highest BCUT2D eigenvalue weighted by Crippen LogP contribution is 2.40. The van der Waals surface area contributed by atoms with Crippen LogP contribution < -0.4 is 4.90 Å². The lowest BCUT2D eigenvalue weighted by Crippen LogP contribution is -2.28. The van der Waals surface area contributed by atoms with Crippen molar-refractivity contribution in [3.8, 4) is 11.1 Å². The average Bonchev–Trinajstić information content (AvgIpc) is 3.10. The van der Waals surface area contributed by atoms with Crippen molar-refractivity contribution in [2.45, 2.75) is 18.6 Å². The molecule has 144 valence electrons. The smallest absolute Gasteiger partial charge is 0.245 e. The van der Waals surface area contributed by atoms with Gasteiger partial charge in [0.05, 0.1) is 10.3 Å². The summed E-state index contributed by atoms with van der Waals surface area (Å²) in [6.45, 7) is 1.99. The highest BCUT2D eigenvalue weighted by molar-refractivity contribution is 8.05. The Morgan fingerprint density at radius 2 is 1.48 bits per heavy atom. The lowest BCUT2D eigenvalue weighted by atomic mass is 10.0. The first kappa shape index (κ1) is 19.2. The van der Waals surface area contributed by atoms with Crippen LogP contribution in [0.2, 0.25) is 0 Å². The molecule has 0 N–H and O–H groups in total. The number of hydrogen-bond acceptors (Lipinski definition) is 3. The largest absolute Gasteiger partial charge is 0.289 e. The summed E-state index contributed by atoms with van der Waals surface area (Å²) in [6, 6.07) is 27.1. The highest BCUT2D eigenvalue weighted by Gasteiger charge is 2.36. The lowest BCUT2D eigenvalue weighted by Gasteiger charge is -2.17. The molecular weight excluding hydrogens is 378 g/mol. The Morgan fingerprint density at radius 3 is 2.10 bits per heavy atom. The molecule has 1 heterocycles. The lowest BCUT2D eigenvalue weighted by molar-refractivity contribution is -0.117. The summed E-state index contributed by atoms with van der Waals surface area (Å²) in [5.74, 6) is -0.0697. The van der Waals surface area contributed by atoms with Gasteiger partial charge in [-0.1, -0.05) is 91.5 Å². The fourth-order valence-electron chi connectivity index (χ4n) is 3.34. The number of ketones is 1. The van der Waals surface area contributed by atoms with Crippen molar-refractivity contribution in [3.05, 3.63) is 102 Å². The third-order valence-electron chi connectivity index (χ3n) is 4.90. The molecule has 0 aliphatic carbocycles. The van der Waals surface area contributed by atoms with E-state index in [1.54, 1.807) is 11.0 Å². The van der Waals surface area contributed by atoms with Crippen LogP contribution in [0.15, 0.2) is 96.0 Å². The molecule has 3 aromatic carbocycles. The van der Waals surface area contributed by atoms with E-state index in [1.165, 1.54) is 11.8 Å². The zero-order valence-electron chi connectivity index (χ0n) is 16.1. The molecule has 1 atom stereocenters. The second-order valence-corrected chi connectivity index (χ2v) is 8.04. The second-order valence-electron chi connectivity index (χ2n) is 6.81. The van der Waals surface area contributed by atoms with Gasteiger partial charge in [0, 0.05) is 17.3 Å². The summed E-state index contributed by atoms with van der Waals surface area (Å²) >= 11 is 1.46. The topological polar surface area (TPSA) is 37.4 Å². The number of rotatable bonds is 5. The van der Waals surface area contributed by atoms with E-state index in [1.807, 2.05) is 91.9 Å². The van der Waals surface area contributed by atoms with Crippen molar-refractivity contribution in [1.29, 1.82) is 0 Å². The van der Waals surface area contributed by atoms with Gasteiger partial charge in [0.15, 0.2) is 5.78 Å². The maximum absolute atomic E-state index is 12.9. The average molecular weight is 400 g/mol. The summed E-state index contributed by atoms with van der Waals surface area (Å²) in [5.41, 5.74) is 3.58. The number of thioether (sulfide) groups is 1. The Bertz CT molecular complexity index is 1040. The molecule has 3 nitrogen and oxygen atoms in total. The number of hydrogen-bond donors (Lipinski definition) is 0. The predicted molar refractivity (Wildman–Crippen MR) is 120 cm³/mol. The van der Waals surface area contributed by atoms with Gasteiger partial charge in [0.25, 0.3) is 0 Å². The summed E-state index contributed by atoms with van der Waals surface area (Å²) in [7, 11) is 0. The van der Waals surface area contributed by atoms with Crippen molar-refractivity contribution in [2.75, 3.05) is 4.90 Å². The second kappa shape index (κ2) is 8.50. The third-order valence-corrected chi connectivity index (χ3v) is 6.26. The molecule has 1 fully saturated rings. The van der Waals surface area contributed by atoms with Gasteiger partial charge in [-0.2, -0.15) is 0 Å². The first-order valence-electron chi connectivity index (χ1n) is 9.64. The van der Waals surface area contributed by atoms with E-state index in [9.17, 15) is 9.59 Å². The molecule has 1 unspecified atom stereocenters. The van der Waals surface area contributed by atoms with E-state index in [4.69, 9.17) is 0 Å². The predicted octanol–water partition coefficient (Wildman–Crippen LogP) is 5.94. The van der Waals surface area contributed by atoms with Gasteiger partial charge in [0.1, 0.15) is 0 Å². The number of carbonyl (C=O) groups excluding carboxylic acids is 2. The summed E-state index contributed by atoms with van der Waals surface area (Å²) in [5, 5.41) is 0.528. The number of carbonyl (C=O) groups is 2. The maximum atomic E-state index is 12.9. The molecule has 1 aliphatic heterocycles. The third kappa shape index (κ3) is 4.03. The number of nitrogens with zero attached hydrogens (tertiary/aromatic N) is 1. The Hall–Kier alpha value is -3.11. The van der Waals surface area contributed by atoms with E-state index in [2.05, 4.69) is 0 Å². The summed E-state index contributed by atoms with van der Waals surface area (Å²) in [6.07, 6.45) is 2.31. The molecule has 0 radical (unpaired) electrons. The van der Waals surface area contributed by atoms with Crippen LogP contribution in [0.25, 0.3) is 11.1 Å². The first-order chi connectivity index (χ1) is 14.2. The number of anilines is 1. The van der Waals surface area contributed by atoms with Crippen molar-refractivity contribution in [1.82, 2.24) is 0 Å². The minimum atomic E-state index is -0.158.